The molecule has 2 amide bonds. The Labute approximate surface area is 185 Å². The Morgan fingerprint density at radius 3 is 2.03 bits per heavy atom. The number of aryl methyl sites for hydroxylation is 1. The fraction of sp³-hybridized carbons (Fsp3) is 0.125. The van der Waals surface area contributed by atoms with Crippen LogP contribution in [0.2, 0.25) is 0 Å². The molecule has 162 valence electrons. The maximum atomic E-state index is 12.2. The molecule has 32 heavy (non-hydrogen) atoms. The van der Waals surface area contributed by atoms with Crippen LogP contribution in [0.5, 0.6) is 23.1 Å². The van der Waals surface area contributed by atoms with Crippen molar-refractivity contribution in [2.75, 3.05) is 24.9 Å². The molecule has 3 aromatic carbocycles. The summed E-state index contributed by atoms with van der Waals surface area (Å²) < 4.78 is 16.6. The SMILES string of the molecule is COc1cc2ncnc(Oc3ccc(NC(=O)Nc4ccc(C)cc4)cc3)c2cc1OC. The molecule has 0 aliphatic heterocycles. The van der Waals surface area contributed by atoms with Gasteiger partial charge in [0.05, 0.1) is 25.1 Å². The van der Waals surface area contributed by atoms with Crippen molar-refractivity contribution in [3.05, 3.63) is 72.6 Å². The molecule has 8 nitrogen and oxygen atoms in total. The highest BCUT2D eigenvalue weighted by Gasteiger charge is 2.12. The molecule has 0 aliphatic rings. The predicted octanol–water partition coefficient (Wildman–Crippen LogP) is 5.39. The topological polar surface area (TPSA) is 94.6 Å². The van der Waals surface area contributed by atoms with E-state index in [4.69, 9.17) is 14.2 Å². The van der Waals surface area contributed by atoms with Gasteiger partial charge in [-0.25, -0.2) is 14.8 Å². The van der Waals surface area contributed by atoms with Gasteiger partial charge < -0.3 is 24.8 Å². The number of methoxy groups -OCH3 is 2. The number of fused-ring (bicyclic) bond motifs is 1. The highest BCUT2D eigenvalue weighted by molar-refractivity contribution is 5.99. The Morgan fingerprint density at radius 1 is 0.812 bits per heavy atom. The van der Waals surface area contributed by atoms with Gasteiger partial charge in [-0.3, -0.25) is 0 Å². The monoisotopic (exact) mass is 430 g/mol. The van der Waals surface area contributed by atoms with Gasteiger partial charge in [-0.2, -0.15) is 0 Å². The van der Waals surface area contributed by atoms with Crippen molar-refractivity contribution in [1.29, 1.82) is 0 Å². The smallest absolute Gasteiger partial charge is 0.323 e. The number of carbonyl (C=O) groups excluding carboxylic acids is 1. The molecule has 0 atom stereocenters. The van der Waals surface area contributed by atoms with Gasteiger partial charge in [0, 0.05) is 17.4 Å². The quantitative estimate of drug-likeness (QED) is 0.426. The van der Waals surface area contributed by atoms with Crippen molar-refractivity contribution >= 4 is 28.3 Å². The lowest BCUT2D eigenvalue weighted by Crippen LogP contribution is -2.19. The average molecular weight is 430 g/mol. The summed E-state index contributed by atoms with van der Waals surface area (Å²) in [6.45, 7) is 1.99. The molecule has 1 aromatic heterocycles. The highest BCUT2D eigenvalue weighted by Crippen LogP contribution is 2.35. The lowest BCUT2D eigenvalue weighted by molar-refractivity contribution is 0.262. The number of benzene rings is 3. The number of anilines is 2. The van der Waals surface area contributed by atoms with Crippen LogP contribution in [0.4, 0.5) is 16.2 Å². The molecular weight excluding hydrogens is 408 g/mol. The molecule has 0 unspecified atom stereocenters. The van der Waals surface area contributed by atoms with E-state index in [-0.39, 0.29) is 6.03 Å². The molecule has 4 rings (SSSR count). The Balaban J connectivity index is 1.47. The zero-order valence-electron chi connectivity index (χ0n) is 17.9. The Bertz CT molecular complexity index is 1240. The van der Waals surface area contributed by atoms with Crippen LogP contribution in [0.25, 0.3) is 10.9 Å². The van der Waals surface area contributed by atoms with Gasteiger partial charge in [0.2, 0.25) is 5.88 Å². The number of amides is 2. The molecule has 0 aliphatic carbocycles. The summed E-state index contributed by atoms with van der Waals surface area (Å²) in [5, 5.41) is 6.27. The molecule has 0 saturated carbocycles. The molecular formula is C24H22N4O4. The summed E-state index contributed by atoms with van der Waals surface area (Å²) in [6.07, 6.45) is 1.43. The normalized spacial score (nSPS) is 10.5. The number of nitrogens with one attached hydrogen (secondary N) is 2. The Morgan fingerprint density at radius 2 is 1.41 bits per heavy atom. The van der Waals surface area contributed by atoms with E-state index in [1.807, 2.05) is 31.2 Å². The standard InChI is InChI=1S/C24H22N4O4/c1-15-4-6-16(7-5-15)27-24(29)28-17-8-10-18(11-9-17)32-23-19-12-21(30-2)22(31-3)13-20(19)25-14-26-23/h4-14H,1-3H3,(H2,27,28,29). The number of ether oxygens (including phenoxy) is 3. The van der Waals surface area contributed by atoms with E-state index in [0.29, 0.717) is 39.7 Å². The fourth-order valence-corrected chi connectivity index (χ4v) is 3.09. The Hall–Kier alpha value is -4.33. The molecule has 0 spiro atoms. The van der Waals surface area contributed by atoms with E-state index in [2.05, 4.69) is 20.6 Å². The van der Waals surface area contributed by atoms with Crippen molar-refractivity contribution in [3.63, 3.8) is 0 Å². The predicted molar refractivity (Wildman–Crippen MR) is 123 cm³/mol. The molecule has 2 N–H and O–H groups in total. The second kappa shape index (κ2) is 9.22. The van der Waals surface area contributed by atoms with Gasteiger partial charge in [-0.1, -0.05) is 17.7 Å². The summed E-state index contributed by atoms with van der Waals surface area (Å²) in [6, 6.07) is 17.8. The third-order valence-corrected chi connectivity index (χ3v) is 4.74. The summed E-state index contributed by atoms with van der Waals surface area (Å²) in [5.74, 6) is 2.07. The van der Waals surface area contributed by atoms with Crippen molar-refractivity contribution in [1.82, 2.24) is 9.97 Å². The Kier molecular flexibility index (Phi) is 6.03. The maximum Gasteiger partial charge on any atom is 0.323 e. The van der Waals surface area contributed by atoms with Crippen LogP contribution in [-0.4, -0.2) is 30.2 Å². The zero-order valence-corrected chi connectivity index (χ0v) is 17.9. The molecule has 4 aromatic rings. The number of aromatic nitrogens is 2. The molecule has 0 fully saturated rings. The minimum Gasteiger partial charge on any atom is -0.493 e. The third kappa shape index (κ3) is 4.70. The number of rotatable bonds is 6. The molecule has 0 bridgehead atoms. The van der Waals surface area contributed by atoms with E-state index < -0.39 is 0 Å². The average Bonchev–Trinajstić information content (AvgIpc) is 2.81. The second-order valence-electron chi connectivity index (χ2n) is 6.97. The van der Waals surface area contributed by atoms with Crippen molar-refractivity contribution in [3.8, 4) is 23.1 Å². The fourth-order valence-electron chi connectivity index (χ4n) is 3.09. The first-order valence-corrected chi connectivity index (χ1v) is 9.85. The van der Waals surface area contributed by atoms with E-state index in [1.165, 1.54) is 6.33 Å². The molecule has 8 heteroatoms. The minimum absolute atomic E-state index is 0.328. The van der Waals surface area contributed by atoms with Gasteiger partial charge in [-0.15, -0.1) is 0 Å². The summed E-state index contributed by atoms with van der Waals surface area (Å²) >= 11 is 0. The van der Waals surface area contributed by atoms with Gasteiger partial charge in [0.15, 0.2) is 11.5 Å². The van der Waals surface area contributed by atoms with Crippen LogP contribution in [0.15, 0.2) is 67.0 Å². The summed E-state index contributed by atoms with van der Waals surface area (Å²) in [4.78, 5) is 20.7. The van der Waals surface area contributed by atoms with Gasteiger partial charge in [0.25, 0.3) is 0 Å². The van der Waals surface area contributed by atoms with Gasteiger partial charge >= 0.3 is 6.03 Å². The zero-order chi connectivity index (χ0) is 22.5. The third-order valence-electron chi connectivity index (χ3n) is 4.74. The largest absolute Gasteiger partial charge is 0.493 e. The first kappa shape index (κ1) is 20.9. The van der Waals surface area contributed by atoms with Crippen molar-refractivity contribution < 1.29 is 19.0 Å². The van der Waals surface area contributed by atoms with Crippen LogP contribution in [0.3, 0.4) is 0 Å². The van der Waals surface area contributed by atoms with Gasteiger partial charge in [0.1, 0.15) is 12.1 Å². The molecule has 0 saturated heterocycles. The first-order valence-electron chi connectivity index (χ1n) is 9.85. The summed E-state index contributed by atoms with van der Waals surface area (Å²) in [5.41, 5.74) is 3.14. The summed E-state index contributed by atoms with van der Waals surface area (Å²) in [7, 11) is 3.13. The molecule has 1 heterocycles. The lowest BCUT2D eigenvalue weighted by atomic mass is 10.2. The van der Waals surface area contributed by atoms with E-state index in [0.717, 1.165) is 11.3 Å². The van der Waals surface area contributed by atoms with Crippen LogP contribution >= 0.6 is 0 Å². The van der Waals surface area contributed by atoms with Crippen LogP contribution in [0, 0.1) is 6.92 Å². The number of nitrogens with zero attached hydrogens (tertiary/aromatic N) is 2. The molecule has 0 radical (unpaired) electrons. The van der Waals surface area contributed by atoms with E-state index in [1.54, 1.807) is 50.6 Å². The van der Waals surface area contributed by atoms with Crippen molar-refractivity contribution in [2.24, 2.45) is 0 Å². The van der Waals surface area contributed by atoms with Crippen molar-refractivity contribution in [2.45, 2.75) is 6.92 Å². The second-order valence-corrected chi connectivity index (χ2v) is 6.97. The van der Waals surface area contributed by atoms with Crippen LogP contribution in [-0.2, 0) is 0 Å². The first-order chi connectivity index (χ1) is 15.6. The van der Waals surface area contributed by atoms with E-state index >= 15 is 0 Å². The maximum absolute atomic E-state index is 12.2. The number of urea groups is 1. The van der Waals surface area contributed by atoms with Crippen LogP contribution in [0.1, 0.15) is 5.56 Å². The number of hydrogen-bond acceptors (Lipinski definition) is 6. The lowest BCUT2D eigenvalue weighted by Gasteiger charge is -2.12. The van der Waals surface area contributed by atoms with Gasteiger partial charge in [-0.05, 0) is 49.4 Å². The number of carbonyl (C=O) groups is 1. The van der Waals surface area contributed by atoms with Crippen LogP contribution < -0.4 is 24.8 Å². The van der Waals surface area contributed by atoms with E-state index in [9.17, 15) is 4.79 Å². The number of hydrogen-bond donors (Lipinski definition) is 2. The minimum atomic E-state index is -0.328. The highest BCUT2D eigenvalue weighted by atomic mass is 16.5.